The Balaban J connectivity index is 1.60. The number of ether oxygens (including phenoxy) is 1. The molecule has 4 aromatic rings. The van der Waals surface area contributed by atoms with E-state index >= 15 is 0 Å². The minimum atomic E-state index is -1.34. The van der Waals surface area contributed by atoms with Crippen LogP contribution in [0.4, 0.5) is 11.4 Å². The summed E-state index contributed by atoms with van der Waals surface area (Å²) in [5, 5.41) is 14.0. The molecular formula is C29H21BrN2O6. The number of nitrogens with zero attached hydrogens (tertiary/aromatic N) is 1. The summed E-state index contributed by atoms with van der Waals surface area (Å²) in [5.41, 5.74) is 1.47. The van der Waals surface area contributed by atoms with Gasteiger partial charge < -0.3 is 10.1 Å². The average Bonchev–Trinajstić information content (AvgIpc) is 2.96. The zero-order valence-electron chi connectivity index (χ0n) is 19.8. The van der Waals surface area contributed by atoms with E-state index in [1.807, 2.05) is 0 Å². The molecule has 0 fully saturated rings. The van der Waals surface area contributed by atoms with Gasteiger partial charge in [0.05, 0.1) is 15.3 Å². The molecular weight excluding hydrogens is 552 g/mol. The van der Waals surface area contributed by atoms with Crippen molar-refractivity contribution in [1.82, 2.24) is 0 Å². The molecule has 190 valence electrons. The Morgan fingerprint density at radius 3 is 2.03 bits per heavy atom. The second-order valence-corrected chi connectivity index (χ2v) is 9.20. The Bertz CT molecular complexity index is 1480. The molecule has 0 unspecified atom stereocenters. The van der Waals surface area contributed by atoms with E-state index in [2.05, 4.69) is 21.2 Å². The van der Waals surface area contributed by atoms with Gasteiger partial charge in [-0.15, -0.1) is 0 Å². The van der Waals surface area contributed by atoms with Crippen molar-refractivity contribution in [3.05, 3.63) is 142 Å². The third-order valence-corrected chi connectivity index (χ3v) is 6.62. The fraction of sp³-hybridized carbons (Fsp3) is 0.0690. The van der Waals surface area contributed by atoms with Crippen LogP contribution in [0.2, 0.25) is 0 Å². The molecule has 0 aromatic heterocycles. The zero-order chi connectivity index (χ0) is 27.1. The Hall–Kier alpha value is -4.63. The second kappa shape index (κ2) is 12.1. The average molecular weight is 573 g/mol. The Morgan fingerprint density at radius 2 is 1.37 bits per heavy atom. The predicted octanol–water partition coefficient (Wildman–Crippen LogP) is 6.39. The standard InChI is InChI=1S/C29H21BrN2O6/c30-25(21-13-8-16-24(18-21)32(36)37)27(26(33)19-9-3-1-4-10-19)38-29(35)22-14-7-15-23(17-22)31-28(34)20-11-5-2-6-12-20/h1-18,25,27H,(H,31,34)/t25-,27-/m0/s1. The van der Waals surface area contributed by atoms with Gasteiger partial charge in [-0.1, -0.05) is 82.7 Å². The number of hydrogen-bond donors (Lipinski definition) is 1. The van der Waals surface area contributed by atoms with E-state index in [0.717, 1.165) is 0 Å². The normalized spacial score (nSPS) is 12.1. The van der Waals surface area contributed by atoms with Crippen LogP contribution in [-0.4, -0.2) is 28.7 Å². The second-order valence-electron chi connectivity index (χ2n) is 8.21. The number of carbonyl (C=O) groups is 3. The number of alkyl halides is 1. The van der Waals surface area contributed by atoms with E-state index in [-0.39, 0.29) is 17.2 Å². The number of nitro groups is 1. The summed E-state index contributed by atoms with van der Waals surface area (Å²) < 4.78 is 5.70. The van der Waals surface area contributed by atoms with Crippen molar-refractivity contribution in [3.63, 3.8) is 0 Å². The molecule has 0 saturated heterocycles. The van der Waals surface area contributed by atoms with Crippen molar-refractivity contribution in [2.45, 2.75) is 10.9 Å². The van der Waals surface area contributed by atoms with Crippen molar-refractivity contribution >= 4 is 45.0 Å². The number of esters is 1. The van der Waals surface area contributed by atoms with Crippen LogP contribution in [0.15, 0.2) is 109 Å². The molecule has 4 aromatic carbocycles. The number of non-ortho nitro benzene ring substituents is 1. The molecule has 0 spiro atoms. The first-order chi connectivity index (χ1) is 18.3. The van der Waals surface area contributed by atoms with Crippen LogP contribution >= 0.6 is 15.9 Å². The summed E-state index contributed by atoms with van der Waals surface area (Å²) in [5.74, 6) is -1.63. The number of rotatable bonds is 9. The van der Waals surface area contributed by atoms with Crippen molar-refractivity contribution in [2.24, 2.45) is 0 Å². The molecule has 0 aliphatic heterocycles. The number of halogens is 1. The predicted molar refractivity (Wildman–Crippen MR) is 146 cm³/mol. The van der Waals surface area contributed by atoms with E-state index in [1.54, 1.807) is 78.9 Å². The summed E-state index contributed by atoms with van der Waals surface area (Å²) in [6.45, 7) is 0. The highest BCUT2D eigenvalue weighted by Gasteiger charge is 2.33. The van der Waals surface area contributed by atoms with Gasteiger partial charge in [-0.05, 0) is 35.9 Å². The summed E-state index contributed by atoms with van der Waals surface area (Å²) in [6, 6.07) is 28.8. The number of nitro benzene ring substituents is 1. The number of carbonyl (C=O) groups excluding carboxylic acids is 3. The zero-order valence-corrected chi connectivity index (χ0v) is 21.4. The molecule has 0 saturated carbocycles. The highest BCUT2D eigenvalue weighted by molar-refractivity contribution is 9.09. The smallest absolute Gasteiger partial charge is 0.338 e. The molecule has 0 aliphatic rings. The van der Waals surface area contributed by atoms with Gasteiger partial charge in [0.25, 0.3) is 11.6 Å². The molecule has 0 aliphatic carbocycles. The maximum atomic E-state index is 13.4. The molecule has 4 rings (SSSR count). The maximum absolute atomic E-state index is 13.4. The van der Waals surface area contributed by atoms with E-state index in [9.17, 15) is 24.5 Å². The first-order valence-corrected chi connectivity index (χ1v) is 12.4. The summed E-state index contributed by atoms with van der Waals surface area (Å²) in [7, 11) is 0. The molecule has 1 N–H and O–H groups in total. The van der Waals surface area contributed by atoms with Gasteiger partial charge >= 0.3 is 5.97 Å². The fourth-order valence-electron chi connectivity index (χ4n) is 3.70. The number of ketones is 1. The van der Waals surface area contributed by atoms with Gasteiger partial charge in [0, 0.05) is 28.9 Å². The lowest BCUT2D eigenvalue weighted by Gasteiger charge is -2.22. The largest absolute Gasteiger partial charge is 0.449 e. The number of amides is 1. The van der Waals surface area contributed by atoms with Crippen molar-refractivity contribution in [1.29, 1.82) is 0 Å². The number of nitrogens with one attached hydrogen (secondary N) is 1. The van der Waals surface area contributed by atoms with Crippen molar-refractivity contribution in [2.75, 3.05) is 5.32 Å². The highest BCUT2D eigenvalue weighted by Crippen LogP contribution is 2.33. The Labute approximate surface area is 226 Å². The maximum Gasteiger partial charge on any atom is 0.338 e. The van der Waals surface area contributed by atoms with Gasteiger partial charge in [-0.25, -0.2) is 4.79 Å². The van der Waals surface area contributed by atoms with Crippen LogP contribution in [0.5, 0.6) is 0 Å². The lowest BCUT2D eigenvalue weighted by Crippen LogP contribution is -2.31. The van der Waals surface area contributed by atoms with Crippen LogP contribution < -0.4 is 5.32 Å². The molecule has 0 bridgehead atoms. The van der Waals surface area contributed by atoms with Crippen LogP contribution in [0.25, 0.3) is 0 Å². The van der Waals surface area contributed by atoms with Gasteiger partial charge in [-0.3, -0.25) is 19.7 Å². The number of benzene rings is 4. The van der Waals surface area contributed by atoms with E-state index in [1.165, 1.54) is 30.3 Å². The molecule has 1 amide bonds. The number of Topliss-reactive ketones (excluding diaryl/α,β-unsaturated/α-hetero) is 1. The Kier molecular flexibility index (Phi) is 8.40. The minimum absolute atomic E-state index is 0.112. The molecule has 9 heteroatoms. The summed E-state index contributed by atoms with van der Waals surface area (Å²) in [4.78, 5) is 49.0. The number of anilines is 1. The van der Waals surface area contributed by atoms with Crippen LogP contribution in [0.3, 0.4) is 0 Å². The quantitative estimate of drug-likeness (QED) is 0.0816. The first kappa shape index (κ1) is 26.4. The topological polar surface area (TPSA) is 116 Å². The summed E-state index contributed by atoms with van der Waals surface area (Å²) >= 11 is 3.43. The van der Waals surface area contributed by atoms with Crippen LogP contribution in [-0.2, 0) is 4.74 Å². The van der Waals surface area contributed by atoms with E-state index in [0.29, 0.717) is 22.4 Å². The van der Waals surface area contributed by atoms with E-state index in [4.69, 9.17) is 4.74 Å². The lowest BCUT2D eigenvalue weighted by molar-refractivity contribution is -0.384. The highest BCUT2D eigenvalue weighted by atomic mass is 79.9. The van der Waals surface area contributed by atoms with Gasteiger partial charge in [0.2, 0.25) is 5.78 Å². The molecule has 2 atom stereocenters. The minimum Gasteiger partial charge on any atom is -0.449 e. The van der Waals surface area contributed by atoms with Gasteiger partial charge in [0.15, 0.2) is 6.10 Å². The first-order valence-electron chi connectivity index (χ1n) is 11.5. The number of hydrogen-bond acceptors (Lipinski definition) is 6. The molecule has 8 nitrogen and oxygen atoms in total. The fourth-order valence-corrected chi connectivity index (χ4v) is 4.33. The SMILES string of the molecule is O=C(Nc1cccc(C(=O)O[C@H](C(=O)c2ccccc2)[C@@H](Br)c2cccc([N+](=O)[O-])c2)c1)c1ccccc1. The van der Waals surface area contributed by atoms with E-state index < -0.39 is 27.6 Å². The monoisotopic (exact) mass is 572 g/mol. The van der Waals surface area contributed by atoms with Crippen molar-refractivity contribution < 1.29 is 24.0 Å². The third-order valence-electron chi connectivity index (χ3n) is 5.61. The van der Waals surface area contributed by atoms with Gasteiger partial charge in [-0.2, -0.15) is 0 Å². The molecule has 0 heterocycles. The third kappa shape index (κ3) is 6.37. The summed E-state index contributed by atoms with van der Waals surface area (Å²) in [6.07, 6.45) is -1.34. The lowest BCUT2D eigenvalue weighted by atomic mass is 9.99. The molecule has 0 radical (unpaired) electrons. The van der Waals surface area contributed by atoms with Crippen molar-refractivity contribution in [3.8, 4) is 0 Å². The van der Waals surface area contributed by atoms with Crippen LogP contribution in [0, 0.1) is 10.1 Å². The molecule has 38 heavy (non-hydrogen) atoms. The van der Waals surface area contributed by atoms with Crippen LogP contribution in [0.1, 0.15) is 41.5 Å². The Morgan fingerprint density at radius 1 is 0.763 bits per heavy atom. The van der Waals surface area contributed by atoms with Gasteiger partial charge in [0.1, 0.15) is 0 Å².